The summed E-state index contributed by atoms with van der Waals surface area (Å²) in [4.78, 5) is 2.39. The van der Waals surface area contributed by atoms with E-state index in [2.05, 4.69) is 14.9 Å². The molecule has 1 aromatic rings. The summed E-state index contributed by atoms with van der Waals surface area (Å²) in [6, 6.07) is 3.29. The topological polar surface area (TPSA) is 61.4 Å². The second kappa shape index (κ2) is 6.62. The highest BCUT2D eigenvalue weighted by molar-refractivity contribution is 7.89. The van der Waals surface area contributed by atoms with Gasteiger partial charge in [0.25, 0.3) is 0 Å². The van der Waals surface area contributed by atoms with Crippen LogP contribution in [0.25, 0.3) is 0 Å². The standard InChI is InChI=1S/C14H22ClN3O2S/c1-10-11(8-16-2)6-12(15)7-14(10)21(19,20)17-13-4-5-18(3)9-13/h6-7,13,16-17H,4-5,8-9H2,1-3H3. The molecule has 1 fully saturated rings. The largest absolute Gasteiger partial charge is 0.316 e. The number of hydrogen-bond donors (Lipinski definition) is 2. The SMILES string of the molecule is CNCc1cc(Cl)cc(S(=O)(=O)NC2CCN(C)C2)c1C. The first kappa shape index (κ1) is 16.7. The monoisotopic (exact) mass is 331 g/mol. The molecule has 1 heterocycles. The average molecular weight is 332 g/mol. The van der Waals surface area contributed by atoms with Gasteiger partial charge in [0.15, 0.2) is 0 Å². The Bertz CT molecular complexity index is 619. The van der Waals surface area contributed by atoms with Crippen LogP contribution in [-0.2, 0) is 16.6 Å². The van der Waals surface area contributed by atoms with Crippen LogP contribution in [-0.4, -0.2) is 46.5 Å². The molecule has 1 aromatic carbocycles. The highest BCUT2D eigenvalue weighted by Gasteiger charge is 2.27. The molecule has 1 aliphatic rings. The van der Waals surface area contributed by atoms with E-state index in [0.29, 0.717) is 11.6 Å². The molecule has 5 nitrogen and oxygen atoms in total. The summed E-state index contributed by atoms with van der Waals surface area (Å²) in [7, 11) is 0.261. The first-order chi connectivity index (χ1) is 9.83. The lowest BCUT2D eigenvalue weighted by Gasteiger charge is -2.17. The van der Waals surface area contributed by atoms with Crippen molar-refractivity contribution in [2.24, 2.45) is 0 Å². The molecule has 118 valence electrons. The van der Waals surface area contributed by atoms with Crippen LogP contribution in [0.4, 0.5) is 0 Å². The van der Waals surface area contributed by atoms with Crippen molar-refractivity contribution in [3.05, 3.63) is 28.3 Å². The summed E-state index contributed by atoms with van der Waals surface area (Å²) in [5.74, 6) is 0. The Balaban J connectivity index is 2.31. The van der Waals surface area contributed by atoms with Gasteiger partial charge in [-0.2, -0.15) is 0 Å². The Morgan fingerprint density at radius 1 is 1.43 bits per heavy atom. The van der Waals surface area contributed by atoms with Crippen molar-refractivity contribution >= 4 is 21.6 Å². The van der Waals surface area contributed by atoms with Gasteiger partial charge in [-0.15, -0.1) is 0 Å². The summed E-state index contributed by atoms with van der Waals surface area (Å²) in [5.41, 5.74) is 1.64. The van der Waals surface area contributed by atoms with Gasteiger partial charge in [-0.3, -0.25) is 0 Å². The van der Waals surface area contributed by atoms with Gasteiger partial charge < -0.3 is 10.2 Å². The minimum absolute atomic E-state index is 0.0360. The van der Waals surface area contributed by atoms with Crippen molar-refractivity contribution < 1.29 is 8.42 Å². The minimum Gasteiger partial charge on any atom is -0.316 e. The summed E-state index contributed by atoms with van der Waals surface area (Å²) < 4.78 is 28.0. The lowest BCUT2D eigenvalue weighted by molar-refractivity contribution is 0.407. The second-order valence-corrected chi connectivity index (χ2v) is 7.71. The van der Waals surface area contributed by atoms with Gasteiger partial charge in [0.2, 0.25) is 10.0 Å². The molecule has 0 aromatic heterocycles. The first-order valence-electron chi connectivity index (χ1n) is 6.98. The number of halogens is 1. The van der Waals surface area contributed by atoms with Crippen LogP contribution in [0.3, 0.4) is 0 Å². The Hall–Kier alpha value is -0.660. The first-order valence-corrected chi connectivity index (χ1v) is 8.84. The van der Waals surface area contributed by atoms with Crippen molar-refractivity contribution in [3.63, 3.8) is 0 Å². The van der Waals surface area contributed by atoms with Gasteiger partial charge >= 0.3 is 0 Å². The van der Waals surface area contributed by atoms with Gasteiger partial charge in [0, 0.05) is 24.2 Å². The molecule has 2 rings (SSSR count). The van der Waals surface area contributed by atoms with E-state index in [1.807, 2.05) is 21.0 Å². The molecule has 0 aliphatic carbocycles. The van der Waals surface area contributed by atoms with Crippen LogP contribution in [0.2, 0.25) is 5.02 Å². The number of likely N-dealkylation sites (tertiary alicyclic amines) is 1. The van der Waals surface area contributed by atoms with E-state index in [4.69, 9.17) is 11.6 Å². The highest BCUT2D eigenvalue weighted by atomic mass is 35.5. The van der Waals surface area contributed by atoms with Crippen molar-refractivity contribution in [3.8, 4) is 0 Å². The molecule has 0 amide bonds. The average Bonchev–Trinajstić information content (AvgIpc) is 2.78. The predicted octanol–water partition coefficient (Wildman–Crippen LogP) is 1.35. The zero-order chi connectivity index (χ0) is 15.6. The smallest absolute Gasteiger partial charge is 0.241 e. The lowest BCUT2D eigenvalue weighted by Crippen LogP contribution is -2.36. The zero-order valence-electron chi connectivity index (χ0n) is 12.6. The summed E-state index contributed by atoms with van der Waals surface area (Å²) >= 11 is 6.08. The van der Waals surface area contributed by atoms with E-state index >= 15 is 0 Å². The maximum Gasteiger partial charge on any atom is 0.241 e. The van der Waals surface area contributed by atoms with Crippen molar-refractivity contribution in [2.75, 3.05) is 27.2 Å². The second-order valence-electron chi connectivity index (χ2n) is 5.59. The van der Waals surface area contributed by atoms with Crippen molar-refractivity contribution in [1.82, 2.24) is 14.9 Å². The number of nitrogens with one attached hydrogen (secondary N) is 2. The molecule has 0 saturated carbocycles. The van der Waals surface area contributed by atoms with E-state index in [1.165, 1.54) is 6.07 Å². The molecule has 1 saturated heterocycles. The number of hydrogen-bond acceptors (Lipinski definition) is 4. The molecule has 0 spiro atoms. The van der Waals surface area contributed by atoms with E-state index < -0.39 is 10.0 Å². The van der Waals surface area contributed by atoms with Crippen LogP contribution in [0.5, 0.6) is 0 Å². The molecule has 0 radical (unpaired) electrons. The predicted molar refractivity (Wildman–Crippen MR) is 85.2 cm³/mol. The zero-order valence-corrected chi connectivity index (χ0v) is 14.2. The maximum absolute atomic E-state index is 12.6. The molecule has 2 N–H and O–H groups in total. The highest BCUT2D eigenvalue weighted by Crippen LogP contribution is 2.25. The molecule has 1 aliphatic heterocycles. The van der Waals surface area contributed by atoms with Crippen molar-refractivity contribution in [1.29, 1.82) is 0 Å². The fraction of sp³-hybridized carbons (Fsp3) is 0.571. The third-order valence-corrected chi connectivity index (χ3v) is 5.67. The van der Waals surface area contributed by atoms with Crippen LogP contribution >= 0.6 is 11.6 Å². The summed E-state index contributed by atoms with van der Waals surface area (Å²) in [6.07, 6.45) is 0.832. The van der Waals surface area contributed by atoms with Gasteiger partial charge in [-0.1, -0.05) is 11.6 Å². The molecule has 0 bridgehead atoms. The third-order valence-electron chi connectivity index (χ3n) is 3.80. The van der Waals surface area contributed by atoms with Crippen molar-refractivity contribution in [2.45, 2.75) is 30.8 Å². The van der Waals surface area contributed by atoms with Crippen LogP contribution in [0, 0.1) is 6.92 Å². The Kier molecular flexibility index (Phi) is 5.27. The van der Waals surface area contributed by atoms with E-state index in [0.717, 1.165) is 30.6 Å². The van der Waals surface area contributed by atoms with E-state index in [1.54, 1.807) is 6.07 Å². The lowest BCUT2D eigenvalue weighted by atomic mass is 10.1. The van der Waals surface area contributed by atoms with E-state index in [9.17, 15) is 8.42 Å². The number of likely N-dealkylation sites (N-methyl/N-ethyl adjacent to an activating group) is 1. The fourth-order valence-electron chi connectivity index (χ4n) is 2.68. The third kappa shape index (κ3) is 3.96. The normalized spacial score (nSPS) is 20.1. The van der Waals surface area contributed by atoms with Gasteiger partial charge in [0.05, 0.1) is 4.90 Å². The molecule has 21 heavy (non-hydrogen) atoms. The molecular formula is C14H22ClN3O2S. The van der Waals surface area contributed by atoms with Crippen LogP contribution in [0.15, 0.2) is 17.0 Å². The molecule has 7 heteroatoms. The number of sulfonamides is 1. The quantitative estimate of drug-likeness (QED) is 0.855. The van der Waals surface area contributed by atoms with Crippen LogP contribution in [0.1, 0.15) is 17.5 Å². The summed E-state index contributed by atoms with van der Waals surface area (Å²) in [5, 5.41) is 3.47. The molecule has 1 unspecified atom stereocenters. The Morgan fingerprint density at radius 3 is 2.71 bits per heavy atom. The number of nitrogens with zero attached hydrogens (tertiary/aromatic N) is 1. The Morgan fingerprint density at radius 2 is 2.14 bits per heavy atom. The fourth-order valence-corrected chi connectivity index (χ4v) is 4.56. The Labute approximate surface area is 131 Å². The molecular weight excluding hydrogens is 310 g/mol. The van der Waals surface area contributed by atoms with Gasteiger partial charge in [-0.05, 0) is 57.2 Å². The maximum atomic E-state index is 12.6. The number of rotatable bonds is 5. The van der Waals surface area contributed by atoms with Crippen LogP contribution < -0.4 is 10.0 Å². The number of benzene rings is 1. The van der Waals surface area contributed by atoms with E-state index in [-0.39, 0.29) is 10.9 Å². The van der Waals surface area contributed by atoms with Gasteiger partial charge in [-0.25, -0.2) is 13.1 Å². The van der Waals surface area contributed by atoms with Gasteiger partial charge in [0.1, 0.15) is 0 Å². The molecule has 1 atom stereocenters. The minimum atomic E-state index is -3.55. The summed E-state index contributed by atoms with van der Waals surface area (Å²) in [6.45, 7) is 4.05.